The number of rotatable bonds is 10. The predicted molar refractivity (Wildman–Crippen MR) is 113 cm³/mol. The molecule has 6 heteroatoms. The minimum absolute atomic E-state index is 0.173. The minimum Gasteiger partial charge on any atom is -0.493 e. The summed E-state index contributed by atoms with van der Waals surface area (Å²) in [6.07, 6.45) is 1.72. The van der Waals surface area contributed by atoms with Crippen LogP contribution in [0.2, 0.25) is 0 Å². The summed E-state index contributed by atoms with van der Waals surface area (Å²) in [7, 11) is 3.13. The molecular formula is C23H29NO5. The Kier molecular flexibility index (Phi) is 8.52. The van der Waals surface area contributed by atoms with Crippen LogP contribution < -0.4 is 14.8 Å². The zero-order valence-electron chi connectivity index (χ0n) is 17.5. The number of esters is 1. The lowest BCUT2D eigenvalue weighted by atomic mass is 9.99. The summed E-state index contributed by atoms with van der Waals surface area (Å²) < 4.78 is 15.5. The van der Waals surface area contributed by atoms with E-state index in [2.05, 4.69) is 19.2 Å². The summed E-state index contributed by atoms with van der Waals surface area (Å²) >= 11 is 0. The largest absolute Gasteiger partial charge is 0.493 e. The van der Waals surface area contributed by atoms with Crippen molar-refractivity contribution in [2.24, 2.45) is 0 Å². The van der Waals surface area contributed by atoms with E-state index < -0.39 is 5.97 Å². The first kappa shape index (κ1) is 22.3. The molecule has 0 aliphatic heterocycles. The third-order valence-electron chi connectivity index (χ3n) is 4.81. The van der Waals surface area contributed by atoms with E-state index >= 15 is 0 Å². The number of ether oxygens (including phenoxy) is 3. The van der Waals surface area contributed by atoms with Gasteiger partial charge in [-0.2, -0.15) is 0 Å². The topological polar surface area (TPSA) is 73.9 Å². The van der Waals surface area contributed by atoms with Crippen LogP contribution in [0.4, 0.5) is 5.69 Å². The second-order valence-corrected chi connectivity index (χ2v) is 6.83. The smallest absolute Gasteiger partial charge is 0.306 e. The first-order valence-corrected chi connectivity index (χ1v) is 9.73. The van der Waals surface area contributed by atoms with Gasteiger partial charge in [0.15, 0.2) is 18.1 Å². The van der Waals surface area contributed by atoms with Crippen LogP contribution in [-0.2, 0) is 20.7 Å². The zero-order valence-corrected chi connectivity index (χ0v) is 17.5. The lowest BCUT2D eigenvalue weighted by Gasteiger charge is -2.11. The average Bonchev–Trinajstić information content (AvgIpc) is 2.75. The van der Waals surface area contributed by atoms with Gasteiger partial charge in [0.2, 0.25) is 0 Å². The van der Waals surface area contributed by atoms with Crippen molar-refractivity contribution in [3.63, 3.8) is 0 Å². The molecule has 0 fully saturated rings. The van der Waals surface area contributed by atoms with Gasteiger partial charge in [-0.3, -0.25) is 9.59 Å². The molecular weight excluding hydrogens is 370 g/mol. The molecule has 0 bridgehead atoms. The molecule has 1 amide bonds. The average molecular weight is 399 g/mol. The summed E-state index contributed by atoms with van der Waals surface area (Å²) in [5.74, 6) is 0.930. The molecule has 2 aromatic rings. The molecule has 29 heavy (non-hydrogen) atoms. The third kappa shape index (κ3) is 6.82. The Morgan fingerprint density at radius 2 is 1.69 bits per heavy atom. The molecule has 0 aromatic heterocycles. The van der Waals surface area contributed by atoms with E-state index in [0.29, 0.717) is 29.5 Å². The number of nitrogens with one attached hydrogen (secondary N) is 1. The Labute approximate surface area is 172 Å². The van der Waals surface area contributed by atoms with Crippen LogP contribution in [-0.4, -0.2) is 32.7 Å². The van der Waals surface area contributed by atoms with Gasteiger partial charge in [-0.1, -0.05) is 32.0 Å². The van der Waals surface area contributed by atoms with E-state index in [1.165, 1.54) is 5.56 Å². The summed E-state index contributed by atoms with van der Waals surface area (Å²) in [6.45, 7) is 3.99. The molecule has 1 atom stereocenters. The second kappa shape index (κ2) is 11.1. The monoisotopic (exact) mass is 399 g/mol. The van der Waals surface area contributed by atoms with Crippen LogP contribution in [0.5, 0.6) is 11.5 Å². The molecule has 2 rings (SSSR count). The molecule has 0 saturated carbocycles. The lowest BCUT2D eigenvalue weighted by Crippen LogP contribution is -2.21. The number of carbonyl (C=O) groups is 2. The number of hydrogen-bond donors (Lipinski definition) is 1. The molecule has 0 saturated heterocycles. The van der Waals surface area contributed by atoms with Crippen molar-refractivity contribution in [1.82, 2.24) is 0 Å². The highest BCUT2D eigenvalue weighted by molar-refractivity contribution is 5.92. The van der Waals surface area contributed by atoms with Crippen molar-refractivity contribution in [3.05, 3.63) is 53.6 Å². The zero-order chi connectivity index (χ0) is 21.2. The number of hydrogen-bond acceptors (Lipinski definition) is 5. The van der Waals surface area contributed by atoms with E-state index in [9.17, 15) is 9.59 Å². The predicted octanol–water partition coefficient (Wildman–Crippen LogP) is 4.33. The first-order valence-electron chi connectivity index (χ1n) is 9.73. The van der Waals surface area contributed by atoms with Crippen LogP contribution in [0, 0.1) is 0 Å². The van der Waals surface area contributed by atoms with Gasteiger partial charge in [0.25, 0.3) is 5.91 Å². The van der Waals surface area contributed by atoms with Gasteiger partial charge in [0.1, 0.15) is 0 Å². The van der Waals surface area contributed by atoms with Crippen LogP contribution in [0.1, 0.15) is 43.7 Å². The molecule has 156 valence electrons. The van der Waals surface area contributed by atoms with Crippen LogP contribution in [0.25, 0.3) is 0 Å². The fourth-order valence-electron chi connectivity index (χ4n) is 2.83. The van der Waals surface area contributed by atoms with Gasteiger partial charge < -0.3 is 19.5 Å². The molecule has 6 nitrogen and oxygen atoms in total. The summed E-state index contributed by atoms with van der Waals surface area (Å²) in [6, 6.07) is 13.2. The van der Waals surface area contributed by atoms with Gasteiger partial charge in [0.05, 0.1) is 14.2 Å². The highest BCUT2D eigenvalue weighted by Crippen LogP contribution is 2.28. The van der Waals surface area contributed by atoms with E-state index in [1.807, 2.05) is 36.4 Å². The van der Waals surface area contributed by atoms with Crippen molar-refractivity contribution in [2.45, 2.75) is 39.0 Å². The molecule has 2 aromatic carbocycles. The maximum absolute atomic E-state index is 12.0. The quantitative estimate of drug-likeness (QED) is 0.602. The maximum atomic E-state index is 12.0. The van der Waals surface area contributed by atoms with E-state index in [0.717, 1.165) is 12.0 Å². The van der Waals surface area contributed by atoms with Crippen molar-refractivity contribution in [1.29, 1.82) is 0 Å². The van der Waals surface area contributed by atoms with Crippen molar-refractivity contribution >= 4 is 17.6 Å². The summed E-state index contributed by atoms with van der Waals surface area (Å²) in [4.78, 5) is 23.9. The van der Waals surface area contributed by atoms with Gasteiger partial charge >= 0.3 is 5.97 Å². The highest BCUT2D eigenvalue weighted by atomic mass is 16.5. The van der Waals surface area contributed by atoms with Crippen molar-refractivity contribution in [2.75, 3.05) is 26.1 Å². The first-order chi connectivity index (χ1) is 14.0. The Hall–Kier alpha value is -3.02. The SMILES string of the molecule is CC[C@@H](C)c1ccc(NC(=O)COC(=O)CCc2ccc(OC)c(OC)c2)cc1. The standard InChI is InChI=1S/C23H29NO5/c1-5-16(2)18-8-10-19(11-9-18)24-22(25)15-29-23(26)13-7-17-6-12-20(27-3)21(14-17)28-4/h6,8-12,14,16H,5,7,13,15H2,1-4H3,(H,24,25)/t16-/m1/s1. The molecule has 0 aliphatic rings. The number of carbonyl (C=O) groups excluding carboxylic acids is 2. The molecule has 1 N–H and O–H groups in total. The van der Waals surface area contributed by atoms with Crippen LogP contribution >= 0.6 is 0 Å². The highest BCUT2D eigenvalue weighted by Gasteiger charge is 2.10. The Morgan fingerprint density at radius 3 is 2.31 bits per heavy atom. The van der Waals surface area contributed by atoms with Crippen molar-refractivity contribution < 1.29 is 23.8 Å². The fraction of sp³-hybridized carbons (Fsp3) is 0.391. The third-order valence-corrected chi connectivity index (χ3v) is 4.81. The Bertz CT molecular complexity index is 817. The fourth-order valence-corrected chi connectivity index (χ4v) is 2.83. The second-order valence-electron chi connectivity index (χ2n) is 6.83. The van der Waals surface area contributed by atoms with Gasteiger partial charge in [-0.15, -0.1) is 0 Å². The maximum Gasteiger partial charge on any atom is 0.306 e. The minimum atomic E-state index is -0.429. The van der Waals surface area contributed by atoms with Gasteiger partial charge in [-0.25, -0.2) is 0 Å². The Morgan fingerprint density at radius 1 is 1.00 bits per heavy atom. The molecule has 0 heterocycles. The Balaban J connectivity index is 1.76. The number of methoxy groups -OCH3 is 2. The molecule has 0 aliphatic carbocycles. The van der Waals surface area contributed by atoms with E-state index in [-0.39, 0.29) is 18.9 Å². The van der Waals surface area contributed by atoms with E-state index in [1.54, 1.807) is 20.3 Å². The number of amides is 1. The van der Waals surface area contributed by atoms with E-state index in [4.69, 9.17) is 14.2 Å². The van der Waals surface area contributed by atoms with Gasteiger partial charge in [-0.05, 0) is 54.2 Å². The van der Waals surface area contributed by atoms with Crippen LogP contribution in [0.3, 0.4) is 0 Å². The van der Waals surface area contributed by atoms with Crippen molar-refractivity contribution in [3.8, 4) is 11.5 Å². The molecule has 0 unspecified atom stereocenters. The number of benzene rings is 2. The normalized spacial score (nSPS) is 11.4. The molecule has 0 spiro atoms. The lowest BCUT2D eigenvalue weighted by molar-refractivity contribution is -0.147. The molecule has 0 radical (unpaired) electrons. The van der Waals surface area contributed by atoms with Crippen LogP contribution in [0.15, 0.2) is 42.5 Å². The summed E-state index contributed by atoms with van der Waals surface area (Å²) in [5.41, 5.74) is 2.83. The number of aryl methyl sites for hydroxylation is 1. The number of anilines is 1. The van der Waals surface area contributed by atoms with Gasteiger partial charge in [0, 0.05) is 12.1 Å². The summed E-state index contributed by atoms with van der Waals surface area (Å²) in [5, 5.41) is 2.74.